The summed E-state index contributed by atoms with van der Waals surface area (Å²) in [6.07, 6.45) is 0.542. The third-order valence-corrected chi connectivity index (χ3v) is 4.29. The molecule has 3 rings (SSSR count). The van der Waals surface area contributed by atoms with Gasteiger partial charge >= 0.3 is 0 Å². The minimum Gasteiger partial charge on any atom is -0.493 e. The summed E-state index contributed by atoms with van der Waals surface area (Å²) in [6, 6.07) is 12.9. The van der Waals surface area contributed by atoms with E-state index in [-0.39, 0.29) is 0 Å². The van der Waals surface area contributed by atoms with E-state index in [1.807, 2.05) is 30.3 Å². The first kappa shape index (κ1) is 20.5. The first-order valence-corrected chi connectivity index (χ1v) is 9.29. The van der Waals surface area contributed by atoms with Crippen LogP contribution in [0.15, 0.2) is 52.0 Å². The van der Waals surface area contributed by atoms with Crippen LogP contribution < -0.4 is 20.1 Å². The number of halogens is 1. The highest BCUT2D eigenvalue weighted by Crippen LogP contribution is 2.29. The lowest BCUT2D eigenvalue weighted by Crippen LogP contribution is -2.32. The van der Waals surface area contributed by atoms with Crippen LogP contribution in [0.1, 0.15) is 5.89 Å². The van der Waals surface area contributed by atoms with E-state index in [9.17, 15) is 0 Å². The molecule has 3 aromatic rings. The Hall–Kier alpha value is -3.26. The number of aliphatic imine (C=N–C) groups is 1. The van der Waals surface area contributed by atoms with Gasteiger partial charge in [0.05, 0.1) is 14.2 Å². The molecule has 0 aliphatic heterocycles. The highest BCUT2D eigenvalue weighted by Gasteiger charge is 2.10. The SMILES string of the molecule is CN=C(NCCc1nc(-c2cccc(Cl)c2)no1)Nc1ccc(OC)c(OC)c1. The van der Waals surface area contributed by atoms with E-state index < -0.39 is 0 Å². The van der Waals surface area contributed by atoms with Crippen LogP contribution in [0.3, 0.4) is 0 Å². The Kier molecular flexibility index (Phi) is 6.91. The van der Waals surface area contributed by atoms with Crippen molar-refractivity contribution in [3.05, 3.63) is 53.4 Å². The molecule has 0 aliphatic carbocycles. The zero-order valence-electron chi connectivity index (χ0n) is 16.4. The van der Waals surface area contributed by atoms with E-state index in [4.69, 9.17) is 25.6 Å². The van der Waals surface area contributed by atoms with Gasteiger partial charge in [-0.25, -0.2) is 0 Å². The fourth-order valence-corrected chi connectivity index (χ4v) is 2.81. The largest absolute Gasteiger partial charge is 0.493 e. The number of anilines is 1. The Bertz CT molecular complexity index is 990. The first-order valence-electron chi connectivity index (χ1n) is 8.91. The third-order valence-electron chi connectivity index (χ3n) is 4.05. The number of nitrogens with zero attached hydrogens (tertiary/aromatic N) is 3. The number of aromatic nitrogens is 2. The van der Waals surface area contributed by atoms with Crippen molar-refractivity contribution in [2.75, 3.05) is 33.1 Å². The van der Waals surface area contributed by atoms with E-state index >= 15 is 0 Å². The van der Waals surface area contributed by atoms with Crippen LogP contribution in [0, 0.1) is 0 Å². The lowest BCUT2D eigenvalue weighted by atomic mass is 10.2. The predicted octanol–water partition coefficient (Wildman–Crippen LogP) is 3.64. The molecule has 0 unspecified atom stereocenters. The normalized spacial score (nSPS) is 11.2. The van der Waals surface area contributed by atoms with Crippen molar-refractivity contribution in [2.45, 2.75) is 6.42 Å². The Balaban J connectivity index is 1.55. The number of hydrogen-bond acceptors (Lipinski definition) is 6. The molecule has 0 saturated heterocycles. The molecule has 2 aromatic carbocycles. The van der Waals surface area contributed by atoms with Crippen molar-refractivity contribution in [3.8, 4) is 22.9 Å². The van der Waals surface area contributed by atoms with Gasteiger partial charge in [-0.3, -0.25) is 4.99 Å². The fourth-order valence-electron chi connectivity index (χ4n) is 2.62. The summed E-state index contributed by atoms with van der Waals surface area (Å²) in [6.45, 7) is 0.560. The number of nitrogens with one attached hydrogen (secondary N) is 2. The van der Waals surface area contributed by atoms with Gasteiger partial charge in [0.1, 0.15) is 0 Å². The second-order valence-corrected chi connectivity index (χ2v) is 6.40. The van der Waals surface area contributed by atoms with Gasteiger partial charge in [0.25, 0.3) is 0 Å². The van der Waals surface area contributed by atoms with Gasteiger partial charge in [0.2, 0.25) is 11.7 Å². The van der Waals surface area contributed by atoms with Gasteiger partial charge in [0.15, 0.2) is 17.5 Å². The van der Waals surface area contributed by atoms with Crippen molar-refractivity contribution in [1.82, 2.24) is 15.5 Å². The lowest BCUT2D eigenvalue weighted by molar-refractivity contribution is 0.355. The van der Waals surface area contributed by atoms with E-state index in [1.54, 1.807) is 33.4 Å². The van der Waals surface area contributed by atoms with E-state index in [0.29, 0.717) is 47.2 Å². The summed E-state index contributed by atoms with van der Waals surface area (Å²) in [5.74, 6) is 2.93. The number of methoxy groups -OCH3 is 2. The molecule has 0 saturated carbocycles. The molecule has 2 N–H and O–H groups in total. The predicted molar refractivity (Wildman–Crippen MR) is 113 cm³/mol. The molecule has 0 amide bonds. The van der Waals surface area contributed by atoms with Crippen LogP contribution in [-0.2, 0) is 6.42 Å². The number of benzene rings is 2. The molecular weight excluding hydrogens is 394 g/mol. The second-order valence-electron chi connectivity index (χ2n) is 5.97. The molecule has 1 aromatic heterocycles. The van der Waals surface area contributed by atoms with Crippen LogP contribution in [0.5, 0.6) is 11.5 Å². The quantitative estimate of drug-likeness (QED) is 0.449. The zero-order valence-corrected chi connectivity index (χ0v) is 17.2. The first-order chi connectivity index (χ1) is 14.1. The number of rotatable bonds is 7. The molecule has 0 aliphatic rings. The topological polar surface area (TPSA) is 93.8 Å². The van der Waals surface area contributed by atoms with Gasteiger partial charge in [-0.2, -0.15) is 4.98 Å². The van der Waals surface area contributed by atoms with Crippen molar-refractivity contribution in [3.63, 3.8) is 0 Å². The Morgan fingerprint density at radius 1 is 1.14 bits per heavy atom. The maximum Gasteiger partial charge on any atom is 0.228 e. The summed E-state index contributed by atoms with van der Waals surface area (Å²) in [4.78, 5) is 8.62. The highest BCUT2D eigenvalue weighted by atomic mass is 35.5. The van der Waals surface area contributed by atoms with Crippen LogP contribution >= 0.6 is 11.6 Å². The summed E-state index contributed by atoms with van der Waals surface area (Å²) in [7, 11) is 4.89. The van der Waals surface area contributed by atoms with Crippen LogP contribution in [0.2, 0.25) is 5.02 Å². The van der Waals surface area contributed by atoms with Crippen molar-refractivity contribution < 1.29 is 14.0 Å². The molecule has 0 radical (unpaired) electrons. The zero-order chi connectivity index (χ0) is 20.6. The molecule has 1 heterocycles. The van der Waals surface area contributed by atoms with Gasteiger partial charge in [-0.1, -0.05) is 28.9 Å². The van der Waals surface area contributed by atoms with E-state index in [0.717, 1.165) is 11.3 Å². The molecule has 0 spiro atoms. The maximum absolute atomic E-state index is 6.01. The molecule has 9 heteroatoms. The Morgan fingerprint density at radius 2 is 1.97 bits per heavy atom. The standard InChI is InChI=1S/C20H22ClN5O3/c1-22-20(24-15-7-8-16(27-2)17(12-15)28-3)23-10-9-18-25-19(26-29-18)13-5-4-6-14(21)11-13/h4-8,11-12H,9-10H2,1-3H3,(H2,22,23,24). The minimum absolute atomic E-state index is 0.510. The van der Waals surface area contributed by atoms with Gasteiger partial charge in [-0.05, 0) is 24.3 Å². The molecular formula is C20H22ClN5O3. The minimum atomic E-state index is 0.510. The number of ether oxygens (including phenoxy) is 2. The van der Waals surface area contributed by atoms with Gasteiger partial charge < -0.3 is 24.6 Å². The summed E-state index contributed by atoms with van der Waals surface area (Å²) in [5, 5.41) is 11.0. The lowest BCUT2D eigenvalue weighted by Gasteiger charge is -2.13. The molecule has 152 valence electrons. The van der Waals surface area contributed by atoms with E-state index in [1.165, 1.54) is 0 Å². The second kappa shape index (κ2) is 9.79. The van der Waals surface area contributed by atoms with Crippen molar-refractivity contribution in [2.24, 2.45) is 4.99 Å². The number of guanidine groups is 1. The summed E-state index contributed by atoms with van der Waals surface area (Å²) in [5.41, 5.74) is 1.63. The summed E-state index contributed by atoms with van der Waals surface area (Å²) >= 11 is 6.01. The van der Waals surface area contributed by atoms with Gasteiger partial charge in [0, 0.05) is 42.4 Å². The average molecular weight is 416 g/mol. The molecule has 0 atom stereocenters. The molecule has 0 fully saturated rings. The average Bonchev–Trinajstić information content (AvgIpc) is 3.22. The van der Waals surface area contributed by atoms with Crippen LogP contribution in [0.4, 0.5) is 5.69 Å². The fraction of sp³-hybridized carbons (Fsp3) is 0.250. The molecule has 8 nitrogen and oxygen atoms in total. The third kappa shape index (κ3) is 5.39. The van der Waals surface area contributed by atoms with Crippen LogP contribution in [-0.4, -0.2) is 43.9 Å². The maximum atomic E-state index is 6.01. The molecule has 29 heavy (non-hydrogen) atoms. The number of hydrogen-bond donors (Lipinski definition) is 2. The Morgan fingerprint density at radius 3 is 2.69 bits per heavy atom. The van der Waals surface area contributed by atoms with Gasteiger partial charge in [-0.15, -0.1) is 0 Å². The monoisotopic (exact) mass is 415 g/mol. The van der Waals surface area contributed by atoms with Crippen molar-refractivity contribution >= 4 is 23.2 Å². The highest BCUT2D eigenvalue weighted by molar-refractivity contribution is 6.30. The molecule has 0 bridgehead atoms. The Labute approximate surface area is 173 Å². The van der Waals surface area contributed by atoms with Crippen molar-refractivity contribution in [1.29, 1.82) is 0 Å². The van der Waals surface area contributed by atoms with Crippen LogP contribution in [0.25, 0.3) is 11.4 Å². The summed E-state index contributed by atoms with van der Waals surface area (Å²) < 4.78 is 15.9. The smallest absolute Gasteiger partial charge is 0.228 e. The van der Waals surface area contributed by atoms with E-state index in [2.05, 4.69) is 25.8 Å².